The van der Waals surface area contributed by atoms with Gasteiger partial charge in [0.1, 0.15) is 6.61 Å². The van der Waals surface area contributed by atoms with E-state index in [0.717, 1.165) is 0 Å². The molecule has 0 aliphatic rings. The highest BCUT2D eigenvalue weighted by Gasteiger charge is 2.05. The van der Waals surface area contributed by atoms with Crippen molar-refractivity contribution in [3.63, 3.8) is 0 Å². The van der Waals surface area contributed by atoms with Gasteiger partial charge < -0.3 is 5.11 Å². The van der Waals surface area contributed by atoms with Crippen molar-refractivity contribution < 1.29 is 5.11 Å². The van der Waals surface area contributed by atoms with E-state index >= 15 is 0 Å². The number of aliphatic hydroxyl groups is 1. The van der Waals surface area contributed by atoms with Gasteiger partial charge in [-0.25, -0.2) is 4.98 Å². The lowest BCUT2D eigenvalue weighted by atomic mass is 10.3. The first-order valence-electron chi connectivity index (χ1n) is 4.33. The quantitative estimate of drug-likeness (QED) is 0.673. The largest absolute Gasteiger partial charge is 0.388 e. The van der Waals surface area contributed by atoms with E-state index in [1.807, 2.05) is 6.92 Å². The topological polar surface area (TPSA) is 83.3 Å². The number of aromatic amines is 1. The minimum atomic E-state index is -0.232. The smallest absolute Gasteiger partial charge is 0.274 e. The van der Waals surface area contributed by atoms with Crippen LogP contribution in [0.3, 0.4) is 0 Å². The number of aryl methyl sites for hydroxylation is 1. The van der Waals surface area contributed by atoms with Crippen molar-refractivity contribution in [2.45, 2.75) is 20.0 Å². The fourth-order valence-corrected chi connectivity index (χ4v) is 1.22. The van der Waals surface area contributed by atoms with Crippen molar-refractivity contribution in [1.29, 1.82) is 0 Å². The van der Waals surface area contributed by atoms with E-state index in [9.17, 15) is 4.79 Å². The molecule has 0 bridgehead atoms. The second-order valence-corrected chi connectivity index (χ2v) is 2.90. The molecule has 0 aliphatic heterocycles. The molecule has 2 aromatic rings. The molecule has 0 radical (unpaired) electrons. The normalized spacial score (nSPS) is 11.0. The monoisotopic (exact) mass is 194 g/mol. The highest BCUT2D eigenvalue weighted by Crippen LogP contribution is 1.97. The molecule has 2 heterocycles. The van der Waals surface area contributed by atoms with Crippen molar-refractivity contribution in [1.82, 2.24) is 19.6 Å². The van der Waals surface area contributed by atoms with Crippen LogP contribution in [0.2, 0.25) is 0 Å². The van der Waals surface area contributed by atoms with Crippen molar-refractivity contribution in [2.24, 2.45) is 0 Å². The first-order chi connectivity index (χ1) is 6.74. The molecule has 0 aromatic carbocycles. The number of H-pyrrole nitrogens is 1. The third-order valence-electron chi connectivity index (χ3n) is 1.94. The highest BCUT2D eigenvalue weighted by atomic mass is 16.3. The number of aromatic nitrogens is 4. The third kappa shape index (κ3) is 1.29. The van der Waals surface area contributed by atoms with E-state index in [1.165, 1.54) is 10.6 Å². The molecule has 0 atom stereocenters. The minimum Gasteiger partial charge on any atom is -0.388 e. The molecule has 2 N–H and O–H groups in total. The van der Waals surface area contributed by atoms with E-state index in [1.54, 1.807) is 0 Å². The molecule has 0 saturated heterocycles. The summed E-state index contributed by atoms with van der Waals surface area (Å²) in [5.41, 5.74) is 0.491. The van der Waals surface area contributed by atoms with Crippen LogP contribution in [0.5, 0.6) is 0 Å². The molecule has 6 heteroatoms. The third-order valence-corrected chi connectivity index (χ3v) is 1.94. The van der Waals surface area contributed by atoms with E-state index in [-0.39, 0.29) is 12.2 Å². The van der Waals surface area contributed by atoms with Gasteiger partial charge in [-0.05, 0) is 6.42 Å². The maximum atomic E-state index is 11.5. The lowest BCUT2D eigenvalue weighted by molar-refractivity contribution is 0.271. The Morgan fingerprint density at radius 2 is 2.36 bits per heavy atom. The summed E-state index contributed by atoms with van der Waals surface area (Å²) in [6, 6.07) is 1.45. The summed E-state index contributed by atoms with van der Waals surface area (Å²) >= 11 is 0. The van der Waals surface area contributed by atoms with Crippen LogP contribution in [0.4, 0.5) is 0 Å². The standard InChI is InChI=1S/C8H10N4O2/c1-2-5-3-7(14)12-8(9-5)10-6(4-13)11-12/h3,13H,2,4H2,1H3,(H,9,10,11). The zero-order valence-electron chi connectivity index (χ0n) is 7.69. The number of hydrogen-bond acceptors (Lipinski definition) is 4. The molecule has 0 fully saturated rings. The predicted molar refractivity (Wildman–Crippen MR) is 48.9 cm³/mol. The van der Waals surface area contributed by atoms with Crippen molar-refractivity contribution >= 4 is 5.78 Å². The highest BCUT2D eigenvalue weighted by molar-refractivity contribution is 5.27. The summed E-state index contributed by atoms with van der Waals surface area (Å²) < 4.78 is 1.21. The summed E-state index contributed by atoms with van der Waals surface area (Å²) in [4.78, 5) is 19.5. The molecule has 0 unspecified atom stereocenters. The number of fused-ring (bicyclic) bond motifs is 1. The Balaban J connectivity index is 2.73. The predicted octanol–water partition coefficient (Wildman–Crippen LogP) is -0.528. The number of hydrogen-bond donors (Lipinski definition) is 2. The average molecular weight is 194 g/mol. The molecule has 74 valence electrons. The van der Waals surface area contributed by atoms with Crippen LogP contribution in [0.1, 0.15) is 18.4 Å². The molecule has 2 aromatic heterocycles. The zero-order valence-corrected chi connectivity index (χ0v) is 7.69. The van der Waals surface area contributed by atoms with E-state index < -0.39 is 0 Å². The van der Waals surface area contributed by atoms with Crippen LogP contribution in [0.15, 0.2) is 10.9 Å². The van der Waals surface area contributed by atoms with Crippen molar-refractivity contribution in [3.8, 4) is 0 Å². The maximum Gasteiger partial charge on any atom is 0.274 e. The fourth-order valence-electron chi connectivity index (χ4n) is 1.22. The second kappa shape index (κ2) is 3.22. The molecule has 0 amide bonds. The minimum absolute atomic E-state index is 0.209. The number of nitrogens with one attached hydrogen (secondary N) is 1. The van der Waals surface area contributed by atoms with Gasteiger partial charge in [0.15, 0.2) is 5.82 Å². The van der Waals surface area contributed by atoms with Gasteiger partial charge in [0.2, 0.25) is 0 Å². The SMILES string of the molecule is CCc1cc(=O)n2[nH]c(CO)nc2n1. The Hall–Kier alpha value is -1.69. The van der Waals surface area contributed by atoms with Gasteiger partial charge >= 0.3 is 0 Å². The summed E-state index contributed by atoms with van der Waals surface area (Å²) in [5.74, 6) is 0.640. The number of aliphatic hydroxyl groups excluding tert-OH is 1. The van der Waals surface area contributed by atoms with Crippen LogP contribution in [-0.2, 0) is 13.0 Å². The molecule has 0 saturated carbocycles. The van der Waals surface area contributed by atoms with Gasteiger partial charge in [-0.2, -0.15) is 9.50 Å². The molecule has 6 nitrogen and oxygen atoms in total. The van der Waals surface area contributed by atoms with Crippen molar-refractivity contribution in [3.05, 3.63) is 27.9 Å². The Morgan fingerprint density at radius 3 is 3.00 bits per heavy atom. The van der Waals surface area contributed by atoms with Crippen LogP contribution >= 0.6 is 0 Å². The van der Waals surface area contributed by atoms with E-state index in [4.69, 9.17) is 5.11 Å². The Morgan fingerprint density at radius 1 is 1.57 bits per heavy atom. The maximum absolute atomic E-state index is 11.5. The molecular weight excluding hydrogens is 184 g/mol. The lowest BCUT2D eigenvalue weighted by Gasteiger charge is -1.93. The van der Waals surface area contributed by atoms with Crippen LogP contribution < -0.4 is 5.56 Å². The van der Waals surface area contributed by atoms with Crippen LogP contribution in [-0.4, -0.2) is 24.7 Å². The van der Waals surface area contributed by atoms with Gasteiger partial charge in [0, 0.05) is 11.8 Å². The second-order valence-electron chi connectivity index (χ2n) is 2.90. The number of nitrogens with zero attached hydrogens (tertiary/aromatic N) is 3. The van der Waals surface area contributed by atoms with E-state index in [0.29, 0.717) is 23.7 Å². The van der Waals surface area contributed by atoms with Gasteiger partial charge in [-0.3, -0.25) is 9.89 Å². The lowest BCUT2D eigenvalue weighted by Crippen LogP contribution is -2.15. The molecule has 14 heavy (non-hydrogen) atoms. The molecule has 2 rings (SSSR count). The fraction of sp³-hybridized carbons (Fsp3) is 0.375. The first-order valence-corrected chi connectivity index (χ1v) is 4.33. The van der Waals surface area contributed by atoms with Crippen LogP contribution in [0.25, 0.3) is 5.78 Å². The van der Waals surface area contributed by atoms with Crippen molar-refractivity contribution in [2.75, 3.05) is 0 Å². The zero-order chi connectivity index (χ0) is 10.1. The Kier molecular flexibility index (Phi) is 2.05. The Bertz CT molecular complexity index is 514. The summed E-state index contributed by atoms with van der Waals surface area (Å²) in [5, 5.41) is 11.5. The number of rotatable bonds is 2. The van der Waals surface area contributed by atoms with Gasteiger partial charge in [0.25, 0.3) is 11.3 Å². The van der Waals surface area contributed by atoms with Gasteiger partial charge in [0.05, 0.1) is 0 Å². The summed E-state index contributed by atoms with van der Waals surface area (Å²) in [7, 11) is 0. The first kappa shape index (κ1) is 8.89. The van der Waals surface area contributed by atoms with Crippen LogP contribution in [0, 0.1) is 0 Å². The summed E-state index contributed by atoms with van der Waals surface area (Å²) in [6.45, 7) is 1.68. The average Bonchev–Trinajstić information content (AvgIpc) is 2.61. The Labute approximate surface area is 79.2 Å². The summed E-state index contributed by atoms with van der Waals surface area (Å²) in [6.07, 6.45) is 0.688. The molecule has 0 spiro atoms. The molecular formula is C8H10N4O2. The van der Waals surface area contributed by atoms with E-state index in [2.05, 4.69) is 15.1 Å². The van der Waals surface area contributed by atoms with Gasteiger partial charge in [-0.1, -0.05) is 6.92 Å². The van der Waals surface area contributed by atoms with Gasteiger partial charge in [-0.15, -0.1) is 0 Å². The molecule has 0 aliphatic carbocycles.